The molecule has 0 saturated heterocycles. The van der Waals surface area contributed by atoms with Gasteiger partial charge in [0, 0.05) is 6.42 Å². The van der Waals surface area contributed by atoms with Crippen LogP contribution in [-0.4, -0.2) is 46.1 Å². The van der Waals surface area contributed by atoms with Gasteiger partial charge in [0.15, 0.2) is 0 Å². The van der Waals surface area contributed by atoms with Crippen molar-refractivity contribution in [3.63, 3.8) is 0 Å². The van der Waals surface area contributed by atoms with Crippen LogP contribution in [0.15, 0.2) is 12.2 Å². The maximum Gasteiger partial charge on any atom is 0.220 e. The molecule has 0 aliphatic heterocycles. The van der Waals surface area contributed by atoms with E-state index in [9.17, 15) is 20.1 Å². The Morgan fingerprint density at radius 2 is 0.580 bits per heavy atom. The molecular weight excluding hydrogens is 847 g/mol. The number of aliphatic hydroxyl groups excluding tert-OH is 3. The summed E-state index contributed by atoms with van der Waals surface area (Å²) in [5.41, 5.74) is 0. The molecular formula is C64H127NO4. The number of rotatable bonds is 60. The minimum absolute atomic E-state index is 0.137. The highest BCUT2D eigenvalue weighted by Crippen LogP contribution is 2.19. The summed E-state index contributed by atoms with van der Waals surface area (Å²) in [5, 5.41) is 33.8. The van der Waals surface area contributed by atoms with E-state index in [1.54, 1.807) is 0 Å². The van der Waals surface area contributed by atoms with Crippen molar-refractivity contribution in [2.45, 2.75) is 385 Å². The highest BCUT2D eigenvalue weighted by molar-refractivity contribution is 5.76. The number of unbranched alkanes of at least 4 members (excludes halogenated alkanes) is 50. The second-order valence-electron chi connectivity index (χ2n) is 22.3. The predicted octanol–water partition coefficient (Wildman–Crippen LogP) is 20.2. The summed E-state index contributed by atoms with van der Waals surface area (Å²) in [6, 6.07) is -0.807. The van der Waals surface area contributed by atoms with E-state index in [0.29, 0.717) is 12.8 Å². The molecule has 3 atom stereocenters. The number of aliphatic hydroxyl groups is 3. The summed E-state index contributed by atoms with van der Waals surface area (Å²) in [5.74, 6) is -0.137. The highest BCUT2D eigenvalue weighted by atomic mass is 16.3. The van der Waals surface area contributed by atoms with Gasteiger partial charge in [-0.15, -0.1) is 0 Å². The molecule has 5 nitrogen and oxygen atoms in total. The number of carbonyl (C=O) groups excluding carboxylic acids is 1. The lowest BCUT2D eigenvalue weighted by atomic mass is 9.99. The fourth-order valence-electron chi connectivity index (χ4n) is 10.5. The zero-order chi connectivity index (χ0) is 50.0. The standard InChI is InChI=1S/C64H127NO4/c1-3-5-7-9-11-13-15-17-19-21-23-24-25-26-27-28-29-30-31-32-33-34-35-36-37-38-39-40-41-43-45-47-49-51-53-55-57-59-63(68)65-61(60-66)64(69)62(67)58-56-54-52-50-48-46-44-42-22-20-18-16-14-12-10-8-6-4-2/h30-31,61-62,64,66-67,69H,3-29,32-60H2,1-2H3,(H,65,68)/b31-30-. The molecule has 0 heterocycles. The molecule has 3 unspecified atom stereocenters. The molecule has 69 heavy (non-hydrogen) atoms. The van der Waals surface area contributed by atoms with Crippen molar-refractivity contribution in [3.05, 3.63) is 12.2 Å². The van der Waals surface area contributed by atoms with Gasteiger partial charge in [-0.1, -0.05) is 334 Å². The number of allylic oxidation sites excluding steroid dienone is 2. The van der Waals surface area contributed by atoms with Crippen LogP contribution in [0.3, 0.4) is 0 Å². The summed E-state index contributed by atoms with van der Waals surface area (Å²) in [7, 11) is 0. The average molecular weight is 975 g/mol. The van der Waals surface area contributed by atoms with Crippen molar-refractivity contribution in [1.82, 2.24) is 5.32 Å². The van der Waals surface area contributed by atoms with Crippen LogP contribution >= 0.6 is 0 Å². The normalized spacial score (nSPS) is 13.2. The zero-order valence-corrected chi connectivity index (χ0v) is 47.2. The van der Waals surface area contributed by atoms with Gasteiger partial charge >= 0.3 is 0 Å². The second kappa shape index (κ2) is 59.7. The molecule has 0 radical (unpaired) electrons. The van der Waals surface area contributed by atoms with Crippen LogP contribution in [0.1, 0.15) is 367 Å². The van der Waals surface area contributed by atoms with Crippen molar-refractivity contribution < 1.29 is 20.1 Å². The summed E-state index contributed by atoms with van der Waals surface area (Å²) in [6.07, 6.45) is 75.5. The third-order valence-electron chi connectivity index (χ3n) is 15.4. The van der Waals surface area contributed by atoms with Crippen molar-refractivity contribution in [2.24, 2.45) is 0 Å². The van der Waals surface area contributed by atoms with E-state index in [-0.39, 0.29) is 12.5 Å². The van der Waals surface area contributed by atoms with Crippen LogP contribution in [0.4, 0.5) is 0 Å². The number of hydrogen-bond donors (Lipinski definition) is 4. The minimum Gasteiger partial charge on any atom is -0.394 e. The Morgan fingerprint density at radius 3 is 0.841 bits per heavy atom. The van der Waals surface area contributed by atoms with Gasteiger partial charge in [0.1, 0.15) is 6.10 Å². The van der Waals surface area contributed by atoms with Gasteiger partial charge in [-0.3, -0.25) is 4.79 Å². The monoisotopic (exact) mass is 974 g/mol. The van der Waals surface area contributed by atoms with E-state index in [2.05, 4.69) is 31.3 Å². The number of nitrogens with one attached hydrogen (secondary N) is 1. The molecule has 412 valence electrons. The molecule has 0 aliphatic rings. The first-order chi connectivity index (χ1) is 34.1. The predicted molar refractivity (Wildman–Crippen MR) is 305 cm³/mol. The lowest BCUT2D eigenvalue weighted by Gasteiger charge is -2.26. The molecule has 0 aliphatic carbocycles. The summed E-state index contributed by atoms with van der Waals surface area (Å²) >= 11 is 0. The lowest BCUT2D eigenvalue weighted by molar-refractivity contribution is -0.124. The van der Waals surface area contributed by atoms with Gasteiger partial charge in [-0.2, -0.15) is 0 Å². The van der Waals surface area contributed by atoms with Crippen LogP contribution in [0.25, 0.3) is 0 Å². The molecule has 0 bridgehead atoms. The topological polar surface area (TPSA) is 89.8 Å². The highest BCUT2D eigenvalue weighted by Gasteiger charge is 2.26. The maximum absolute atomic E-state index is 12.5. The Balaban J connectivity index is 3.43. The molecule has 0 rings (SSSR count). The Bertz CT molecular complexity index is 987. The largest absolute Gasteiger partial charge is 0.394 e. The fourth-order valence-corrected chi connectivity index (χ4v) is 10.5. The van der Waals surface area contributed by atoms with Crippen molar-refractivity contribution in [2.75, 3.05) is 6.61 Å². The number of hydrogen-bond acceptors (Lipinski definition) is 4. The third kappa shape index (κ3) is 54.7. The molecule has 0 spiro atoms. The zero-order valence-electron chi connectivity index (χ0n) is 47.2. The number of amides is 1. The van der Waals surface area contributed by atoms with Crippen LogP contribution in [0.5, 0.6) is 0 Å². The van der Waals surface area contributed by atoms with E-state index in [1.807, 2.05) is 0 Å². The first kappa shape index (κ1) is 68.1. The minimum atomic E-state index is -1.13. The Kier molecular flexibility index (Phi) is 58.9. The smallest absolute Gasteiger partial charge is 0.220 e. The van der Waals surface area contributed by atoms with E-state index in [0.717, 1.165) is 32.1 Å². The maximum atomic E-state index is 12.5. The summed E-state index contributed by atoms with van der Waals surface area (Å²) in [6.45, 7) is 4.23. The van der Waals surface area contributed by atoms with Crippen LogP contribution in [-0.2, 0) is 4.79 Å². The van der Waals surface area contributed by atoms with Crippen molar-refractivity contribution >= 4 is 5.91 Å². The first-order valence-corrected chi connectivity index (χ1v) is 32.0. The first-order valence-electron chi connectivity index (χ1n) is 32.0. The molecule has 0 aromatic carbocycles. The quantitative estimate of drug-likeness (QED) is 0.0361. The SMILES string of the molecule is CCCCCCCCCCCCCCCCCC/C=C\CCCCCCCCCCCCCCCCCCCC(=O)NC(CO)C(O)C(O)CCCCCCCCCCCCCCCCCCCC. The van der Waals surface area contributed by atoms with Crippen LogP contribution in [0.2, 0.25) is 0 Å². The van der Waals surface area contributed by atoms with E-state index in [4.69, 9.17) is 0 Å². The van der Waals surface area contributed by atoms with Gasteiger partial charge in [-0.25, -0.2) is 0 Å². The molecule has 0 aromatic heterocycles. The van der Waals surface area contributed by atoms with Crippen LogP contribution < -0.4 is 5.32 Å². The van der Waals surface area contributed by atoms with Gasteiger partial charge in [-0.05, 0) is 38.5 Å². The van der Waals surface area contributed by atoms with Crippen molar-refractivity contribution in [1.29, 1.82) is 0 Å². The molecule has 0 fully saturated rings. The van der Waals surface area contributed by atoms with Crippen LogP contribution in [0, 0.1) is 0 Å². The molecule has 0 saturated carbocycles. The average Bonchev–Trinajstić information content (AvgIpc) is 3.35. The summed E-state index contributed by atoms with van der Waals surface area (Å²) < 4.78 is 0. The third-order valence-corrected chi connectivity index (χ3v) is 15.4. The molecule has 0 aromatic rings. The Labute approximate surface area is 433 Å². The lowest BCUT2D eigenvalue weighted by Crippen LogP contribution is -2.50. The second-order valence-corrected chi connectivity index (χ2v) is 22.3. The van der Waals surface area contributed by atoms with Gasteiger partial charge in [0.2, 0.25) is 5.91 Å². The fraction of sp³-hybridized carbons (Fsp3) is 0.953. The van der Waals surface area contributed by atoms with Crippen molar-refractivity contribution in [3.8, 4) is 0 Å². The Morgan fingerprint density at radius 1 is 0.348 bits per heavy atom. The molecule has 1 amide bonds. The van der Waals surface area contributed by atoms with Gasteiger partial charge < -0.3 is 20.6 Å². The molecule has 5 heteroatoms. The Hall–Kier alpha value is -0.910. The van der Waals surface area contributed by atoms with E-state index >= 15 is 0 Å². The van der Waals surface area contributed by atoms with E-state index < -0.39 is 18.2 Å². The number of carbonyl (C=O) groups is 1. The molecule has 4 N–H and O–H groups in total. The van der Waals surface area contributed by atoms with E-state index in [1.165, 1.54) is 308 Å². The van der Waals surface area contributed by atoms with Gasteiger partial charge in [0.25, 0.3) is 0 Å². The van der Waals surface area contributed by atoms with Gasteiger partial charge in [0.05, 0.1) is 18.8 Å². The summed E-state index contributed by atoms with van der Waals surface area (Å²) in [4.78, 5) is 12.5.